The third kappa shape index (κ3) is 3.94. The van der Waals surface area contributed by atoms with E-state index in [4.69, 9.17) is 9.84 Å². The van der Waals surface area contributed by atoms with Crippen molar-refractivity contribution in [2.75, 3.05) is 13.1 Å². The first-order valence-electron chi connectivity index (χ1n) is 8.07. The van der Waals surface area contributed by atoms with E-state index in [9.17, 15) is 9.59 Å². The molecule has 1 aromatic carbocycles. The molecule has 0 radical (unpaired) electrons. The zero-order chi connectivity index (χ0) is 16.2. The van der Waals surface area contributed by atoms with Crippen LogP contribution in [0.4, 0.5) is 9.59 Å². The molecule has 6 nitrogen and oxygen atoms in total. The SMILES string of the molecule is O=C(NC1C[C@@H]2CCN(C(=O)O)C[C@@H]2C1)OCc1ccccc1. The van der Waals surface area contributed by atoms with Crippen molar-refractivity contribution in [1.29, 1.82) is 0 Å². The Morgan fingerprint density at radius 1 is 1.22 bits per heavy atom. The number of piperidine rings is 1. The molecule has 0 spiro atoms. The van der Waals surface area contributed by atoms with Gasteiger partial charge in [0.1, 0.15) is 6.61 Å². The third-order valence-corrected chi connectivity index (χ3v) is 4.87. The lowest BCUT2D eigenvalue weighted by Crippen LogP contribution is -2.41. The molecule has 1 aromatic rings. The summed E-state index contributed by atoms with van der Waals surface area (Å²) in [6.07, 6.45) is 1.39. The number of rotatable bonds is 3. The molecule has 1 aliphatic carbocycles. The number of nitrogens with zero attached hydrogens (tertiary/aromatic N) is 1. The number of carbonyl (C=O) groups excluding carboxylic acids is 1. The first kappa shape index (κ1) is 15.6. The van der Waals surface area contributed by atoms with Gasteiger partial charge in [-0.1, -0.05) is 30.3 Å². The molecule has 2 aliphatic rings. The Labute approximate surface area is 135 Å². The lowest BCUT2D eigenvalue weighted by atomic mass is 9.89. The van der Waals surface area contributed by atoms with Crippen molar-refractivity contribution in [2.24, 2.45) is 11.8 Å². The molecule has 1 aliphatic heterocycles. The third-order valence-electron chi connectivity index (χ3n) is 4.87. The molecule has 6 heteroatoms. The lowest BCUT2D eigenvalue weighted by molar-refractivity contribution is 0.106. The minimum Gasteiger partial charge on any atom is -0.465 e. The summed E-state index contributed by atoms with van der Waals surface area (Å²) in [7, 11) is 0. The maximum absolute atomic E-state index is 11.9. The van der Waals surface area contributed by atoms with E-state index < -0.39 is 12.2 Å². The molecule has 2 amide bonds. The van der Waals surface area contributed by atoms with Crippen LogP contribution in [0, 0.1) is 11.8 Å². The normalized spacial score (nSPS) is 26.4. The summed E-state index contributed by atoms with van der Waals surface area (Å²) >= 11 is 0. The first-order valence-corrected chi connectivity index (χ1v) is 8.07. The second-order valence-corrected chi connectivity index (χ2v) is 6.41. The second kappa shape index (κ2) is 6.89. The average molecular weight is 318 g/mol. The van der Waals surface area contributed by atoms with Gasteiger partial charge in [-0.05, 0) is 36.7 Å². The lowest BCUT2D eigenvalue weighted by Gasteiger charge is -2.32. The minimum atomic E-state index is -0.845. The van der Waals surface area contributed by atoms with E-state index in [0.717, 1.165) is 24.8 Å². The van der Waals surface area contributed by atoms with E-state index in [1.54, 1.807) is 0 Å². The smallest absolute Gasteiger partial charge is 0.407 e. The maximum atomic E-state index is 11.9. The highest BCUT2D eigenvalue weighted by Gasteiger charge is 2.39. The summed E-state index contributed by atoms with van der Waals surface area (Å²) in [6.45, 7) is 1.44. The van der Waals surface area contributed by atoms with Crippen molar-refractivity contribution in [2.45, 2.75) is 31.9 Å². The highest BCUT2D eigenvalue weighted by molar-refractivity contribution is 5.67. The van der Waals surface area contributed by atoms with Crippen LogP contribution in [-0.2, 0) is 11.3 Å². The summed E-state index contributed by atoms with van der Waals surface area (Å²) < 4.78 is 5.25. The summed E-state index contributed by atoms with van der Waals surface area (Å²) in [6, 6.07) is 9.65. The summed E-state index contributed by atoms with van der Waals surface area (Å²) in [4.78, 5) is 24.5. The van der Waals surface area contributed by atoms with Crippen LogP contribution in [-0.4, -0.2) is 41.3 Å². The Morgan fingerprint density at radius 3 is 2.70 bits per heavy atom. The summed E-state index contributed by atoms with van der Waals surface area (Å²) in [5.41, 5.74) is 0.958. The van der Waals surface area contributed by atoms with Crippen LogP contribution in [0.25, 0.3) is 0 Å². The number of hydrogen-bond donors (Lipinski definition) is 2. The molecule has 124 valence electrons. The molecule has 0 bridgehead atoms. The number of fused-ring (bicyclic) bond motifs is 1. The predicted molar refractivity (Wildman–Crippen MR) is 84.0 cm³/mol. The van der Waals surface area contributed by atoms with E-state index in [1.807, 2.05) is 30.3 Å². The standard InChI is InChI=1S/C17H22N2O4/c20-16(23-11-12-4-2-1-3-5-12)18-15-8-13-6-7-19(17(21)22)10-14(13)9-15/h1-5,13-15H,6-11H2,(H,18,20)(H,21,22)/t13-,14-,15?/m0/s1. The van der Waals surface area contributed by atoms with Crippen molar-refractivity contribution in [3.05, 3.63) is 35.9 Å². The zero-order valence-electron chi connectivity index (χ0n) is 13.0. The highest BCUT2D eigenvalue weighted by atomic mass is 16.5. The van der Waals surface area contributed by atoms with E-state index in [0.29, 0.717) is 24.9 Å². The zero-order valence-corrected chi connectivity index (χ0v) is 13.0. The molecule has 2 N–H and O–H groups in total. The largest absolute Gasteiger partial charge is 0.465 e. The average Bonchev–Trinajstić information content (AvgIpc) is 2.95. The molecule has 1 heterocycles. The van der Waals surface area contributed by atoms with Gasteiger partial charge < -0.3 is 20.1 Å². The number of hydrogen-bond acceptors (Lipinski definition) is 3. The predicted octanol–water partition coefficient (Wildman–Crippen LogP) is 2.69. The van der Waals surface area contributed by atoms with Gasteiger partial charge in [0.05, 0.1) is 0 Å². The Hall–Kier alpha value is -2.24. The Bertz CT molecular complexity index is 563. The van der Waals surface area contributed by atoms with E-state index >= 15 is 0 Å². The van der Waals surface area contributed by atoms with Crippen molar-refractivity contribution < 1.29 is 19.4 Å². The van der Waals surface area contributed by atoms with Gasteiger partial charge in [0.15, 0.2) is 0 Å². The van der Waals surface area contributed by atoms with Crippen LogP contribution in [0.2, 0.25) is 0 Å². The van der Waals surface area contributed by atoms with Crippen molar-refractivity contribution in [1.82, 2.24) is 10.2 Å². The molecule has 3 atom stereocenters. The molecular weight excluding hydrogens is 296 g/mol. The summed E-state index contributed by atoms with van der Waals surface area (Å²) in [5, 5.41) is 12.0. The molecule has 1 saturated carbocycles. The molecular formula is C17H22N2O4. The van der Waals surface area contributed by atoms with Crippen LogP contribution in [0.1, 0.15) is 24.8 Å². The van der Waals surface area contributed by atoms with Crippen molar-refractivity contribution in [3.8, 4) is 0 Å². The van der Waals surface area contributed by atoms with Crippen molar-refractivity contribution in [3.63, 3.8) is 0 Å². The Kier molecular flexibility index (Phi) is 4.69. The quantitative estimate of drug-likeness (QED) is 0.898. The van der Waals surface area contributed by atoms with Gasteiger partial charge in [-0.2, -0.15) is 0 Å². The number of ether oxygens (including phenoxy) is 1. The monoisotopic (exact) mass is 318 g/mol. The molecule has 0 aromatic heterocycles. The van der Waals surface area contributed by atoms with Crippen LogP contribution in [0.3, 0.4) is 0 Å². The van der Waals surface area contributed by atoms with E-state index in [-0.39, 0.29) is 12.6 Å². The second-order valence-electron chi connectivity index (χ2n) is 6.41. The molecule has 3 rings (SSSR count). The fourth-order valence-electron chi connectivity index (χ4n) is 3.71. The van der Waals surface area contributed by atoms with Gasteiger partial charge in [-0.15, -0.1) is 0 Å². The van der Waals surface area contributed by atoms with Gasteiger partial charge in [-0.3, -0.25) is 0 Å². The number of carboxylic acid groups (broad SMARTS) is 1. The number of nitrogens with one attached hydrogen (secondary N) is 1. The number of amides is 2. The topological polar surface area (TPSA) is 78.9 Å². The number of carbonyl (C=O) groups is 2. The maximum Gasteiger partial charge on any atom is 0.407 e. The van der Waals surface area contributed by atoms with Crippen LogP contribution < -0.4 is 5.32 Å². The highest BCUT2D eigenvalue weighted by Crippen LogP contribution is 2.38. The van der Waals surface area contributed by atoms with Gasteiger partial charge in [0.2, 0.25) is 0 Å². The minimum absolute atomic E-state index is 0.0852. The molecule has 1 saturated heterocycles. The summed E-state index contributed by atoms with van der Waals surface area (Å²) in [5.74, 6) is 0.851. The fourth-order valence-corrected chi connectivity index (χ4v) is 3.71. The van der Waals surface area contributed by atoms with E-state index in [2.05, 4.69) is 5.32 Å². The Balaban J connectivity index is 1.44. The number of likely N-dealkylation sites (tertiary alicyclic amines) is 1. The van der Waals surface area contributed by atoms with Crippen LogP contribution in [0.5, 0.6) is 0 Å². The first-order chi connectivity index (χ1) is 11.1. The van der Waals surface area contributed by atoms with Gasteiger partial charge in [0.25, 0.3) is 0 Å². The van der Waals surface area contributed by atoms with Gasteiger partial charge >= 0.3 is 12.2 Å². The number of benzene rings is 1. The molecule has 23 heavy (non-hydrogen) atoms. The van der Waals surface area contributed by atoms with Gasteiger partial charge in [0, 0.05) is 19.1 Å². The molecule has 1 unspecified atom stereocenters. The van der Waals surface area contributed by atoms with Crippen LogP contribution in [0.15, 0.2) is 30.3 Å². The van der Waals surface area contributed by atoms with Gasteiger partial charge in [-0.25, -0.2) is 9.59 Å². The van der Waals surface area contributed by atoms with Crippen molar-refractivity contribution >= 4 is 12.2 Å². The Morgan fingerprint density at radius 2 is 1.96 bits per heavy atom. The van der Waals surface area contributed by atoms with Crippen LogP contribution >= 0.6 is 0 Å². The fraction of sp³-hybridized carbons (Fsp3) is 0.529. The van der Waals surface area contributed by atoms with E-state index in [1.165, 1.54) is 4.90 Å². The molecule has 2 fully saturated rings. The number of alkyl carbamates (subject to hydrolysis) is 1.